The molecule has 1 amide bonds. The minimum absolute atomic E-state index is 0.0441. The first-order valence-electron chi connectivity index (χ1n) is 10.7. The van der Waals surface area contributed by atoms with Gasteiger partial charge in [-0.2, -0.15) is 0 Å². The Balaban J connectivity index is 1.80. The van der Waals surface area contributed by atoms with Gasteiger partial charge in [0, 0.05) is 18.7 Å². The van der Waals surface area contributed by atoms with E-state index in [1.807, 2.05) is 81.4 Å². The van der Waals surface area contributed by atoms with Crippen molar-refractivity contribution in [2.45, 2.75) is 33.9 Å². The van der Waals surface area contributed by atoms with E-state index in [9.17, 15) is 13.2 Å². The van der Waals surface area contributed by atoms with Gasteiger partial charge < -0.3 is 4.90 Å². The Kier molecular flexibility index (Phi) is 7.36. The van der Waals surface area contributed by atoms with Gasteiger partial charge in [0.15, 0.2) is 0 Å². The lowest BCUT2D eigenvalue weighted by Gasteiger charge is -2.25. The molecule has 0 bridgehead atoms. The average molecular weight is 451 g/mol. The largest absolute Gasteiger partial charge is 0.335 e. The first kappa shape index (κ1) is 23.5. The fraction of sp³-hybridized carbons (Fsp3) is 0.269. The Bertz CT molecular complexity index is 1170. The van der Waals surface area contributed by atoms with Gasteiger partial charge in [-0.3, -0.25) is 9.10 Å². The zero-order chi connectivity index (χ0) is 23.3. The maximum atomic E-state index is 13.0. The number of sulfonamides is 1. The van der Waals surface area contributed by atoms with Crippen LogP contribution in [-0.4, -0.2) is 32.0 Å². The summed E-state index contributed by atoms with van der Waals surface area (Å²) in [5.41, 5.74) is 5.05. The first-order valence-corrected chi connectivity index (χ1v) is 12.5. The normalized spacial score (nSPS) is 11.2. The van der Waals surface area contributed by atoms with Gasteiger partial charge in [0.1, 0.15) is 0 Å². The van der Waals surface area contributed by atoms with E-state index in [1.54, 1.807) is 17.0 Å². The van der Waals surface area contributed by atoms with Gasteiger partial charge in [0.25, 0.3) is 5.91 Å². The number of anilines is 1. The monoisotopic (exact) mass is 450 g/mol. The van der Waals surface area contributed by atoms with Crippen LogP contribution in [0, 0.1) is 13.8 Å². The molecule has 0 unspecified atom stereocenters. The zero-order valence-corrected chi connectivity index (χ0v) is 19.9. The Labute approximate surface area is 191 Å². The molecule has 32 heavy (non-hydrogen) atoms. The van der Waals surface area contributed by atoms with E-state index in [4.69, 9.17) is 0 Å². The lowest BCUT2D eigenvalue weighted by Crippen LogP contribution is -2.31. The molecule has 3 aromatic rings. The fourth-order valence-electron chi connectivity index (χ4n) is 3.60. The van der Waals surface area contributed by atoms with E-state index in [2.05, 4.69) is 0 Å². The van der Waals surface area contributed by atoms with Crippen LogP contribution in [0.3, 0.4) is 0 Å². The third kappa shape index (κ3) is 5.77. The molecule has 0 aromatic heterocycles. The standard InChI is InChI=1S/C26H30N2O3S/c1-5-27(18-22-9-7-6-8-10-22)26(29)24-15-13-23(14-16-24)19-28(32(4,30)31)25-17-20(2)11-12-21(25)3/h6-17H,5,18-19H2,1-4H3. The maximum Gasteiger partial charge on any atom is 0.254 e. The van der Waals surface area contributed by atoms with Gasteiger partial charge in [0.05, 0.1) is 18.5 Å². The van der Waals surface area contributed by atoms with E-state index < -0.39 is 10.0 Å². The zero-order valence-electron chi connectivity index (χ0n) is 19.1. The van der Waals surface area contributed by atoms with Crippen molar-refractivity contribution in [3.05, 3.63) is 101 Å². The summed E-state index contributed by atoms with van der Waals surface area (Å²) in [6, 6.07) is 22.9. The molecule has 0 fully saturated rings. The van der Waals surface area contributed by atoms with Crippen LogP contribution >= 0.6 is 0 Å². The fourth-order valence-corrected chi connectivity index (χ4v) is 4.54. The van der Waals surface area contributed by atoms with E-state index >= 15 is 0 Å². The van der Waals surface area contributed by atoms with Crippen molar-refractivity contribution in [1.29, 1.82) is 0 Å². The third-order valence-electron chi connectivity index (χ3n) is 5.45. The highest BCUT2D eigenvalue weighted by molar-refractivity contribution is 7.92. The van der Waals surface area contributed by atoms with Crippen LogP contribution in [-0.2, 0) is 23.1 Å². The van der Waals surface area contributed by atoms with Gasteiger partial charge in [-0.25, -0.2) is 8.42 Å². The second kappa shape index (κ2) is 10.0. The molecule has 3 aromatic carbocycles. The summed E-state index contributed by atoms with van der Waals surface area (Å²) in [6.07, 6.45) is 1.22. The third-order valence-corrected chi connectivity index (χ3v) is 6.57. The van der Waals surface area contributed by atoms with E-state index in [-0.39, 0.29) is 12.5 Å². The predicted molar refractivity (Wildman–Crippen MR) is 130 cm³/mol. The summed E-state index contributed by atoms with van der Waals surface area (Å²) in [7, 11) is -3.48. The molecule has 5 nitrogen and oxygen atoms in total. The van der Waals surface area contributed by atoms with Crippen molar-refractivity contribution >= 4 is 21.6 Å². The minimum Gasteiger partial charge on any atom is -0.335 e. The van der Waals surface area contributed by atoms with E-state index in [0.717, 1.165) is 22.3 Å². The van der Waals surface area contributed by atoms with Crippen LogP contribution in [0.2, 0.25) is 0 Å². The highest BCUT2D eigenvalue weighted by Crippen LogP contribution is 2.26. The Morgan fingerprint density at radius 3 is 2.06 bits per heavy atom. The Morgan fingerprint density at radius 2 is 1.47 bits per heavy atom. The quantitative estimate of drug-likeness (QED) is 0.489. The molecular weight excluding hydrogens is 420 g/mol. The highest BCUT2D eigenvalue weighted by Gasteiger charge is 2.20. The summed E-state index contributed by atoms with van der Waals surface area (Å²) in [6.45, 7) is 7.17. The number of carbonyl (C=O) groups excluding carboxylic acids is 1. The van der Waals surface area contributed by atoms with Crippen molar-refractivity contribution in [3.8, 4) is 0 Å². The molecule has 0 saturated carbocycles. The summed E-state index contributed by atoms with van der Waals surface area (Å²) in [5.74, 6) is -0.0441. The summed E-state index contributed by atoms with van der Waals surface area (Å²) >= 11 is 0. The lowest BCUT2D eigenvalue weighted by atomic mass is 10.1. The van der Waals surface area contributed by atoms with Gasteiger partial charge in [-0.15, -0.1) is 0 Å². The molecule has 0 heterocycles. The number of carbonyl (C=O) groups is 1. The van der Waals surface area contributed by atoms with E-state index in [0.29, 0.717) is 24.3 Å². The maximum absolute atomic E-state index is 13.0. The van der Waals surface area contributed by atoms with Crippen LogP contribution in [0.5, 0.6) is 0 Å². The van der Waals surface area contributed by atoms with Crippen LogP contribution < -0.4 is 4.31 Å². The minimum atomic E-state index is -3.48. The molecule has 168 valence electrons. The molecule has 0 aliphatic carbocycles. The average Bonchev–Trinajstić information content (AvgIpc) is 2.77. The van der Waals surface area contributed by atoms with Crippen LogP contribution in [0.15, 0.2) is 72.8 Å². The second-order valence-corrected chi connectivity index (χ2v) is 9.97. The van der Waals surface area contributed by atoms with Crippen LogP contribution in [0.1, 0.15) is 39.5 Å². The number of nitrogens with zero attached hydrogens (tertiary/aromatic N) is 2. The van der Waals surface area contributed by atoms with Gasteiger partial charge >= 0.3 is 0 Å². The molecular formula is C26H30N2O3S. The first-order chi connectivity index (χ1) is 15.2. The summed E-state index contributed by atoms with van der Waals surface area (Å²) in [5, 5.41) is 0. The molecule has 0 N–H and O–H groups in total. The molecule has 6 heteroatoms. The highest BCUT2D eigenvalue weighted by atomic mass is 32.2. The number of rotatable bonds is 8. The summed E-state index contributed by atoms with van der Waals surface area (Å²) < 4.78 is 26.5. The van der Waals surface area contributed by atoms with E-state index in [1.165, 1.54) is 10.6 Å². The number of hydrogen-bond donors (Lipinski definition) is 0. The number of benzene rings is 3. The van der Waals surface area contributed by atoms with Gasteiger partial charge in [-0.1, -0.05) is 54.6 Å². The lowest BCUT2D eigenvalue weighted by molar-refractivity contribution is 0.0752. The number of aryl methyl sites for hydroxylation is 2. The Morgan fingerprint density at radius 1 is 0.844 bits per heavy atom. The van der Waals surface area contributed by atoms with Crippen molar-refractivity contribution in [1.82, 2.24) is 4.90 Å². The molecule has 0 aliphatic heterocycles. The van der Waals surface area contributed by atoms with Crippen molar-refractivity contribution < 1.29 is 13.2 Å². The smallest absolute Gasteiger partial charge is 0.254 e. The summed E-state index contributed by atoms with van der Waals surface area (Å²) in [4.78, 5) is 14.8. The molecule has 0 atom stereocenters. The predicted octanol–water partition coefficient (Wildman–Crippen LogP) is 4.93. The van der Waals surface area contributed by atoms with Gasteiger partial charge in [0.2, 0.25) is 10.0 Å². The Hall–Kier alpha value is -3.12. The molecule has 0 radical (unpaired) electrons. The van der Waals surface area contributed by atoms with Crippen LogP contribution in [0.25, 0.3) is 0 Å². The van der Waals surface area contributed by atoms with Crippen LogP contribution in [0.4, 0.5) is 5.69 Å². The molecule has 0 saturated heterocycles. The van der Waals surface area contributed by atoms with Crippen molar-refractivity contribution in [2.24, 2.45) is 0 Å². The number of amides is 1. The second-order valence-electron chi connectivity index (χ2n) is 8.06. The molecule has 3 rings (SSSR count). The molecule has 0 aliphatic rings. The van der Waals surface area contributed by atoms with Gasteiger partial charge in [-0.05, 0) is 61.2 Å². The number of hydrogen-bond acceptors (Lipinski definition) is 3. The SMILES string of the molecule is CCN(Cc1ccccc1)C(=O)c1ccc(CN(c2cc(C)ccc2C)S(C)(=O)=O)cc1. The molecule has 0 spiro atoms. The topological polar surface area (TPSA) is 57.7 Å². The van der Waals surface area contributed by atoms with Crippen molar-refractivity contribution in [3.63, 3.8) is 0 Å². The van der Waals surface area contributed by atoms with Crippen molar-refractivity contribution in [2.75, 3.05) is 17.1 Å².